The van der Waals surface area contributed by atoms with E-state index in [4.69, 9.17) is 34.8 Å². The Hall–Kier alpha value is -0.310. The molecule has 0 saturated carbocycles. The zero-order valence-corrected chi connectivity index (χ0v) is 8.07. The molecular weight excluding hydrogens is 220 g/mol. The minimum absolute atomic E-state index is 0.266. The summed E-state index contributed by atoms with van der Waals surface area (Å²) >= 11 is 16.6. The molecule has 1 aliphatic heterocycles. The van der Waals surface area contributed by atoms with Crippen LogP contribution in [0.4, 0.5) is 0 Å². The molecule has 0 aromatic heterocycles. The molecule has 0 fully saturated rings. The number of carbonyl (C=O) groups is 1. The molecular formula is C7H4Cl3NO. The van der Waals surface area contributed by atoms with E-state index in [1.54, 1.807) is 0 Å². The third kappa shape index (κ3) is 2.34. The summed E-state index contributed by atoms with van der Waals surface area (Å²) < 4.78 is 0. The normalized spacial score (nSPS) is 22.8. The van der Waals surface area contributed by atoms with E-state index in [9.17, 15) is 4.79 Å². The summed E-state index contributed by atoms with van der Waals surface area (Å²) in [5, 5.41) is 0.0442. The lowest BCUT2D eigenvalue weighted by atomic mass is 10.1. The number of rotatable bonds is 1. The molecule has 0 aromatic carbocycles. The molecule has 0 saturated heterocycles. The average molecular weight is 224 g/mol. The topological polar surface area (TPSA) is 29.4 Å². The largest absolute Gasteiger partial charge is 0.280 e. The second-order valence-corrected chi connectivity index (χ2v) is 3.37. The van der Waals surface area contributed by atoms with Gasteiger partial charge in [0.05, 0.1) is 16.0 Å². The van der Waals surface area contributed by atoms with Gasteiger partial charge in [-0.1, -0.05) is 23.2 Å². The molecule has 1 atom stereocenters. The van der Waals surface area contributed by atoms with Crippen LogP contribution in [0.15, 0.2) is 27.3 Å². The van der Waals surface area contributed by atoms with Crippen LogP contribution in [0.1, 0.15) is 0 Å². The van der Waals surface area contributed by atoms with Crippen LogP contribution in [0.5, 0.6) is 0 Å². The molecule has 0 spiro atoms. The Bertz CT molecular complexity index is 293. The van der Waals surface area contributed by atoms with Gasteiger partial charge in [-0.3, -0.25) is 9.79 Å². The van der Waals surface area contributed by atoms with Crippen LogP contribution in [-0.2, 0) is 4.79 Å². The first-order chi connectivity index (χ1) is 5.61. The Morgan fingerprint density at radius 3 is 2.75 bits per heavy atom. The summed E-state index contributed by atoms with van der Waals surface area (Å²) in [4.78, 5) is 14.5. The van der Waals surface area contributed by atoms with Crippen molar-refractivity contribution in [1.82, 2.24) is 0 Å². The van der Waals surface area contributed by atoms with Gasteiger partial charge in [0.25, 0.3) is 0 Å². The van der Waals surface area contributed by atoms with Gasteiger partial charge < -0.3 is 0 Å². The van der Waals surface area contributed by atoms with Crippen molar-refractivity contribution < 1.29 is 4.79 Å². The molecule has 5 heteroatoms. The first-order valence-electron chi connectivity index (χ1n) is 3.06. The van der Waals surface area contributed by atoms with Crippen LogP contribution >= 0.6 is 34.8 Å². The highest BCUT2D eigenvalue weighted by Crippen LogP contribution is 2.24. The molecule has 0 bridgehead atoms. The summed E-state index contributed by atoms with van der Waals surface area (Å²) in [5.74, 6) is -0.677. The van der Waals surface area contributed by atoms with Crippen LogP contribution in [0, 0.1) is 5.92 Å². The van der Waals surface area contributed by atoms with Crippen molar-refractivity contribution in [1.29, 1.82) is 0 Å². The molecule has 2 nitrogen and oxygen atoms in total. The zero-order chi connectivity index (χ0) is 9.14. The minimum atomic E-state index is -0.677. The van der Waals surface area contributed by atoms with Gasteiger partial charge in [0, 0.05) is 12.4 Å². The number of allylic oxidation sites excluding steroid dienone is 3. The first kappa shape index (κ1) is 9.78. The fourth-order valence-corrected chi connectivity index (χ4v) is 1.35. The first-order valence-corrected chi connectivity index (χ1v) is 4.20. The van der Waals surface area contributed by atoms with Crippen molar-refractivity contribution >= 4 is 46.3 Å². The molecule has 64 valence electrons. The van der Waals surface area contributed by atoms with Crippen LogP contribution < -0.4 is 0 Å². The lowest BCUT2D eigenvalue weighted by molar-refractivity contribution is -0.112. The second-order valence-electron chi connectivity index (χ2n) is 2.13. The van der Waals surface area contributed by atoms with Gasteiger partial charge in [0.2, 0.25) is 5.24 Å². The molecule has 1 rings (SSSR count). The molecule has 0 N–H and O–H groups in total. The summed E-state index contributed by atoms with van der Waals surface area (Å²) in [7, 11) is 0. The molecule has 0 aromatic rings. The maximum Gasteiger partial charge on any atom is 0.233 e. The van der Waals surface area contributed by atoms with E-state index in [1.165, 1.54) is 18.5 Å². The van der Waals surface area contributed by atoms with E-state index in [2.05, 4.69) is 4.99 Å². The highest BCUT2D eigenvalue weighted by Gasteiger charge is 2.18. The summed E-state index contributed by atoms with van der Waals surface area (Å²) in [6, 6.07) is 0. The van der Waals surface area contributed by atoms with Crippen molar-refractivity contribution in [3.63, 3.8) is 0 Å². The Morgan fingerprint density at radius 1 is 1.50 bits per heavy atom. The quantitative estimate of drug-likeness (QED) is 0.630. The van der Waals surface area contributed by atoms with Crippen molar-refractivity contribution in [2.45, 2.75) is 0 Å². The standard InChI is InChI=1S/C7H4Cl3NO/c8-4-1-5(7(10)12)6(9)3-11-2-4/h1-3,5H. The van der Waals surface area contributed by atoms with Gasteiger partial charge in [0.1, 0.15) is 0 Å². The van der Waals surface area contributed by atoms with Crippen LogP contribution in [0.3, 0.4) is 0 Å². The molecule has 1 heterocycles. The van der Waals surface area contributed by atoms with Crippen LogP contribution in [-0.4, -0.2) is 11.5 Å². The van der Waals surface area contributed by atoms with E-state index in [0.717, 1.165) is 0 Å². The van der Waals surface area contributed by atoms with E-state index in [1.807, 2.05) is 0 Å². The fourth-order valence-electron chi connectivity index (χ4n) is 0.716. The number of nitrogens with zero attached hydrogens (tertiary/aromatic N) is 1. The van der Waals surface area contributed by atoms with Crippen molar-refractivity contribution in [2.75, 3.05) is 0 Å². The van der Waals surface area contributed by atoms with Gasteiger partial charge >= 0.3 is 0 Å². The Morgan fingerprint density at radius 2 is 2.17 bits per heavy atom. The predicted octanol–water partition coefficient (Wildman–Crippen LogP) is 2.66. The SMILES string of the molecule is O=C(Cl)C1C=C(Cl)C=NC=C1Cl. The monoisotopic (exact) mass is 223 g/mol. The Labute approximate surface area is 84.5 Å². The van der Waals surface area contributed by atoms with Gasteiger partial charge in [-0.2, -0.15) is 0 Å². The lowest BCUT2D eigenvalue weighted by Crippen LogP contribution is -2.05. The van der Waals surface area contributed by atoms with Gasteiger partial charge in [-0.25, -0.2) is 0 Å². The summed E-state index contributed by atoms with van der Waals surface area (Å²) in [5.41, 5.74) is 0. The van der Waals surface area contributed by atoms with E-state index in [0.29, 0.717) is 5.03 Å². The molecule has 12 heavy (non-hydrogen) atoms. The van der Waals surface area contributed by atoms with Gasteiger partial charge in [-0.05, 0) is 17.7 Å². The number of halogens is 3. The highest BCUT2D eigenvalue weighted by atomic mass is 35.5. The summed E-state index contributed by atoms with van der Waals surface area (Å²) in [6.45, 7) is 0. The second kappa shape index (κ2) is 4.08. The molecule has 1 aliphatic rings. The van der Waals surface area contributed by atoms with E-state index < -0.39 is 11.2 Å². The zero-order valence-electron chi connectivity index (χ0n) is 5.80. The van der Waals surface area contributed by atoms with Crippen molar-refractivity contribution in [3.8, 4) is 0 Å². The minimum Gasteiger partial charge on any atom is -0.280 e. The van der Waals surface area contributed by atoms with Crippen LogP contribution in [0.2, 0.25) is 0 Å². The number of carbonyl (C=O) groups excluding carboxylic acids is 1. The average Bonchev–Trinajstić information content (AvgIpc) is 2.13. The molecule has 0 radical (unpaired) electrons. The van der Waals surface area contributed by atoms with Crippen molar-refractivity contribution in [2.24, 2.45) is 10.9 Å². The van der Waals surface area contributed by atoms with Gasteiger partial charge in [0.15, 0.2) is 0 Å². The number of hydrogen-bond donors (Lipinski definition) is 0. The Balaban J connectivity index is 2.99. The smallest absolute Gasteiger partial charge is 0.233 e. The third-order valence-corrected chi connectivity index (χ3v) is 2.05. The maximum absolute atomic E-state index is 10.8. The van der Waals surface area contributed by atoms with E-state index >= 15 is 0 Å². The molecule has 0 amide bonds. The Kier molecular flexibility index (Phi) is 3.32. The molecule has 1 unspecified atom stereocenters. The number of aliphatic imine (C=N–C) groups is 1. The van der Waals surface area contributed by atoms with E-state index in [-0.39, 0.29) is 5.03 Å². The number of hydrogen-bond acceptors (Lipinski definition) is 2. The highest BCUT2D eigenvalue weighted by molar-refractivity contribution is 6.65. The fraction of sp³-hybridized carbons (Fsp3) is 0.143. The van der Waals surface area contributed by atoms with Crippen molar-refractivity contribution in [3.05, 3.63) is 22.3 Å². The maximum atomic E-state index is 10.8. The summed E-state index contributed by atoms with van der Waals surface area (Å²) in [6.07, 6.45) is 4.19. The third-order valence-electron chi connectivity index (χ3n) is 1.26. The predicted molar refractivity (Wildman–Crippen MR) is 50.7 cm³/mol. The lowest BCUT2D eigenvalue weighted by Gasteiger charge is -2.02. The van der Waals surface area contributed by atoms with Gasteiger partial charge in [-0.15, -0.1) is 0 Å². The molecule has 0 aliphatic carbocycles. The van der Waals surface area contributed by atoms with Crippen LogP contribution in [0.25, 0.3) is 0 Å².